The number of anilines is 1. The summed E-state index contributed by atoms with van der Waals surface area (Å²) in [5.74, 6) is 0.112. The summed E-state index contributed by atoms with van der Waals surface area (Å²) in [5.41, 5.74) is 5.30. The Morgan fingerprint density at radius 2 is 1.80 bits per heavy atom. The average molecular weight is 563 g/mol. The molecule has 0 saturated heterocycles. The van der Waals surface area contributed by atoms with Crippen LogP contribution in [0.1, 0.15) is 74.6 Å². The monoisotopic (exact) mass is 562 g/mol. The van der Waals surface area contributed by atoms with Crippen LogP contribution in [0.5, 0.6) is 0 Å². The van der Waals surface area contributed by atoms with Crippen LogP contribution < -0.4 is 16.2 Å². The van der Waals surface area contributed by atoms with Crippen LogP contribution in [0.15, 0.2) is 56.8 Å². The molecule has 3 aromatic carbocycles. The van der Waals surface area contributed by atoms with E-state index in [1.165, 1.54) is 12.3 Å². The molecule has 0 spiro atoms. The highest BCUT2D eigenvalue weighted by molar-refractivity contribution is 6.62. The van der Waals surface area contributed by atoms with E-state index >= 15 is 4.39 Å². The van der Waals surface area contributed by atoms with Crippen molar-refractivity contribution in [1.29, 1.82) is 0 Å². The fourth-order valence-electron chi connectivity index (χ4n) is 5.01. The van der Waals surface area contributed by atoms with E-state index < -0.39 is 12.9 Å². The van der Waals surface area contributed by atoms with E-state index in [1.807, 2.05) is 59.7 Å². The van der Waals surface area contributed by atoms with Crippen LogP contribution >= 0.6 is 11.6 Å². The van der Waals surface area contributed by atoms with Gasteiger partial charge in [-0.25, -0.2) is 4.39 Å². The molecule has 0 amide bonds. The predicted molar refractivity (Wildman–Crippen MR) is 163 cm³/mol. The Morgan fingerprint density at radius 1 is 1.07 bits per heavy atom. The Bertz CT molecular complexity index is 1670. The van der Waals surface area contributed by atoms with Gasteiger partial charge in [0.05, 0.1) is 17.6 Å². The number of nitrogens with one attached hydrogen (secondary N) is 1. The van der Waals surface area contributed by atoms with Gasteiger partial charge in [0.1, 0.15) is 17.2 Å². The lowest BCUT2D eigenvalue weighted by Crippen LogP contribution is -2.40. The standard InChI is InChI=1S/C29H27BClFN2O4.C2H6/c1-14(2)28-16(4)27(35)23-9-15(3)8-21(29(23)37-28)17(5)34-25-7-6-20(31)12-22(25)18-10-19-13-33-38-30(36)26(19)24(32)11-18;1-2/h6-14,17,34,36H,1-5H3;1-2H3. The SMILES string of the molecule is CC.Cc1cc(C(C)Nc2ccc(Cl)cc2-c2cc(F)c3c(c2)C=NOB3O)c2oc(C(C)C)c(C)c(=O)c2c1. The molecule has 0 fully saturated rings. The first-order chi connectivity index (χ1) is 19.0. The first-order valence-corrected chi connectivity index (χ1v) is 13.8. The third-order valence-electron chi connectivity index (χ3n) is 6.85. The van der Waals surface area contributed by atoms with Crippen molar-refractivity contribution in [2.75, 3.05) is 5.32 Å². The van der Waals surface area contributed by atoms with Crippen molar-refractivity contribution >= 4 is 47.1 Å². The first kappa shape index (κ1) is 29.4. The van der Waals surface area contributed by atoms with Crippen molar-refractivity contribution in [3.8, 4) is 11.1 Å². The zero-order chi connectivity index (χ0) is 29.3. The van der Waals surface area contributed by atoms with Gasteiger partial charge in [-0.3, -0.25) is 4.79 Å². The Hall–Kier alpha value is -3.62. The van der Waals surface area contributed by atoms with Crippen LogP contribution in [0.4, 0.5) is 10.1 Å². The predicted octanol–water partition coefficient (Wildman–Crippen LogP) is 7.24. The number of benzene rings is 3. The topological polar surface area (TPSA) is 84.1 Å². The largest absolute Gasteiger partial charge is 0.586 e. The molecule has 1 aromatic heterocycles. The number of halogens is 2. The van der Waals surface area contributed by atoms with Crippen LogP contribution in [0, 0.1) is 19.7 Å². The van der Waals surface area contributed by atoms with Crippen LogP contribution in [0.2, 0.25) is 5.02 Å². The second-order valence-electron chi connectivity index (χ2n) is 10.0. The molecule has 2 N–H and O–H groups in total. The Labute approximate surface area is 239 Å². The van der Waals surface area contributed by atoms with Gasteiger partial charge < -0.3 is 19.5 Å². The molecule has 6 nitrogen and oxygen atoms in total. The summed E-state index contributed by atoms with van der Waals surface area (Å²) in [6, 6.07) is 12.0. The second-order valence-corrected chi connectivity index (χ2v) is 10.5. The van der Waals surface area contributed by atoms with Gasteiger partial charge in [-0.1, -0.05) is 45.4 Å². The number of hydrogen-bond donors (Lipinski definition) is 2. The van der Waals surface area contributed by atoms with Gasteiger partial charge in [0.2, 0.25) is 0 Å². The van der Waals surface area contributed by atoms with Crippen molar-refractivity contribution in [3.63, 3.8) is 0 Å². The molecule has 0 aliphatic carbocycles. The highest BCUT2D eigenvalue weighted by atomic mass is 35.5. The van der Waals surface area contributed by atoms with Crippen LogP contribution in [-0.2, 0) is 4.76 Å². The van der Waals surface area contributed by atoms with E-state index in [0.29, 0.717) is 49.7 Å². The van der Waals surface area contributed by atoms with Gasteiger partial charge in [0, 0.05) is 44.3 Å². The molecule has 0 saturated carbocycles. The normalized spacial score (nSPS) is 13.0. The lowest BCUT2D eigenvalue weighted by atomic mass is 9.75. The van der Waals surface area contributed by atoms with Crippen molar-refractivity contribution in [1.82, 2.24) is 0 Å². The molecule has 2 heterocycles. The quantitative estimate of drug-likeness (QED) is 0.250. The van der Waals surface area contributed by atoms with Gasteiger partial charge in [-0.15, -0.1) is 5.16 Å². The molecule has 0 radical (unpaired) electrons. The smallest absolute Gasteiger partial charge is 0.460 e. The minimum atomic E-state index is -1.47. The summed E-state index contributed by atoms with van der Waals surface area (Å²) in [7, 11) is -1.47. The van der Waals surface area contributed by atoms with Gasteiger partial charge in [0.25, 0.3) is 0 Å². The molecular weight excluding hydrogens is 530 g/mol. The van der Waals surface area contributed by atoms with Gasteiger partial charge in [0.15, 0.2) is 5.43 Å². The van der Waals surface area contributed by atoms with E-state index in [2.05, 4.69) is 10.5 Å². The maximum atomic E-state index is 15.0. The molecule has 9 heteroatoms. The lowest BCUT2D eigenvalue weighted by molar-refractivity contribution is 0.285. The van der Waals surface area contributed by atoms with Crippen molar-refractivity contribution < 1.29 is 18.6 Å². The molecule has 1 aliphatic rings. The first-order valence-electron chi connectivity index (χ1n) is 13.4. The molecule has 0 bridgehead atoms. The number of nitrogens with zero attached hydrogens (tertiary/aromatic N) is 1. The zero-order valence-electron chi connectivity index (χ0n) is 23.7. The molecule has 1 aliphatic heterocycles. The Morgan fingerprint density at radius 3 is 2.50 bits per heavy atom. The van der Waals surface area contributed by atoms with E-state index in [9.17, 15) is 9.82 Å². The van der Waals surface area contributed by atoms with Crippen molar-refractivity contribution in [3.05, 3.63) is 91.5 Å². The summed E-state index contributed by atoms with van der Waals surface area (Å²) in [6.45, 7) is 13.7. The Kier molecular flexibility index (Phi) is 8.71. The summed E-state index contributed by atoms with van der Waals surface area (Å²) in [5, 5.41) is 18.2. The number of oxime groups is 1. The maximum Gasteiger partial charge on any atom is 0.586 e. The number of aryl methyl sites for hydroxylation is 1. The van der Waals surface area contributed by atoms with Gasteiger partial charge in [-0.2, -0.15) is 0 Å². The molecule has 208 valence electrons. The van der Waals surface area contributed by atoms with E-state index in [0.717, 1.165) is 11.1 Å². The molecule has 4 aromatic rings. The number of rotatable bonds is 5. The molecule has 5 rings (SSSR count). The van der Waals surface area contributed by atoms with Crippen LogP contribution in [0.25, 0.3) is 22.1 Å². The number of fused-ring (bicyclic) bond motifs is 2. The van der Waals surface area contributed by atoms with Gasteiger partial charge in [-0.05, 0) is 68.3 Å². The average Bonchev–Trinajstić information content (AvgIpc) is 2.92. The minimum Gasteiger partial charge on any atom is -0.460 e. The summed E-state index contributed by atoms with van der Waals surface area (Å²) < 4.78 is 26.1. The maximum absolute atomic E-state index is 15.0. The van der Waals surface area contributed by atoms with E-state index in [1.54, 1.807) is 25.1 Å². The molecular formula is C31H33BClFN2O4. The van der Waals surface area contributed by atoms with E-state index in [-0.39, 0.29) is 22.9 Å². The van der Waals surface area contributed by atoms with Gasteiger partial charge >= 0.3 is 7.12 Å². The molecule has 40 heavy (non-hydrogen) atoms. The summed E-state index contributed by atoms with van der Waals surface area (Å²) in [4.78, 5) is 13.2. The second kappa shape index (κ2) is 11.9. The van der Waals surface area contributed by atoms with Crippen molar-refractivity contribution in [2.24, 2.45) is 5.16 Å². The highest BCUT2D eigenvalue weighted by Gasteiger charge is 2.30. The van der Waals surface area contributed by atoms with Crippen LogP contribution in [-0.4, -0.2) is 18.4 Å². The number of hydrogen-bond acceptors (Lipinski definition) is 6. The van der Waals surface area contributed by atoms with E-state index in [4.69, 9.17) is 20.8 Å². The third kappa shape index (κ3) is 5.51. The molecule has 1 atom stereocenters. The summed E-state index contributed by atoms with van der Waals surface area (Å²) >= 11 is 6.35. The third-order valence-corrected chi connectivity index (χ3v) is 7.08. The van der Waals surface area contributed by atoms with Crippen molar-refractivity contribution in [2.45, 2.75) is 60.4 Å². The zero-order valence-corrected chi connectivity index (χ0v) is 24.5. The fourth-order valence-corrected chi connectivity index (χ4v) is 5.18. The fraction of sp³-hybridized carbons (Fsp3) is 0.290. The lowest BCUT2D eigenvalue weighted by Gasteiger charge is -2.22. The molecule has 1 unspecified atom stereocenters. The highest BCUT2D eigenvalue weighted by Crippen LogP contribution is 2.36. The van der Waals surface area contributed by atoms with Crippen LogP contribution in [0.3, 0.4) is 0 Å². The summed E-state index contributed by atoms with van der Waals surface area (Å²) in [6.07, 6.45) is 1.37. The Balaban J connectivity index is 0.00000181. The minimum absolute atomic E-state index is 0.0309.